The first-order chi connectivity index (χ1) is 13.2. The molecule has 1 aromatic heterocycles. The normalized spacial score (nSPS) is 35.2. The summed E-state index contributed by atoms with van der Waals surface area (Å²) in [5.41, 5.74) is -0.832. The summed E-state index contributed by atoms with van der Waals surface area (Å²) in [6, 6.07) is 0. The maximum Gasteiger partial charge on any atom is 0.335 e. The van der Waals surface area contributed by atoms with Gasteiger partial charge in [-0.2, -0.15) is 0 Å². The van der Waals surface area contributed by atoms with Crippen molar-refractivity contribution in [2.45, 2.75) is 50.0 Å². The number of aliphatic hydroxyl groups is 3. The van der Waals surface area contributed by atoms with Gasteiger partial charge in [-0.15, -0.1) is 0 Å². The van der Waals surface area contributed by atoms with E-state index < -0.39 is 60.3 Å². The fourth-order valence-electron chi connectivity index (χ4n) is 2.90. The van der Waals surface area contributed by atoms with Gasteiger partial charge in [0.05, 0.1) is 6.61 Å². The summed E-state index contributed by atoms with van der Waals surface area (Å²) < 4.78 is 17.1. The Labute approximate surface area is 157 Å². The summed E-state index contributed by atoms with van der Waals surface area (Å²) in [6.45, 7) is 1.34. The van der Waals surface area contributed by atoms with Crippen molar-refractivity contribution < 1.29 is 39.4 Å². The number of carboxylic acids is 1. The van der Waals surface area contributed by atoms with E-state index in [9.17, 15) is 29.7 Å². The van der Waals surface area contributed by atoms with Gasteiger partial charge in [-0.3, -0.25) is 14.3 Å². The van der Waals surface area contributed by atoms with E-state index in [4.69, 9.17) is 19.3 Å². The maximum atomic E-state index is 11.9. The predicted octanol–water partition coefficient (Wildman–Crippen LogP) is -2.79. The van der Waals surface area contributed by atoms with Gasteiger partial charge in [-0.05, 0) is 13.0 Å². The number of aliphatic carboxylic acids is 1. The quantitative estimate of drug-likeness (QED) is 0.324. The Morgan fingerprint density at radius 1 is 1.18 bits per heavy atom. The number of aliphatic hydroxyl groups excluding tert-OH is 3. The molecule has 5 N–H and O–H groups in total. The Morgan fingerprint density at radius 3 is 2.57 bits per heavy atom. The van der Waals surface area contributed by atoms with Gasteiger partial charge in [-0.1, -0.05) is 6.08 Å². The van der Waals surface area contributed by atoms with E-state index in [1.54, 1.807) is 12.2 Å². The molecular formula is C16H20N2O10. The van der Waals surface area contributed by atoms with Gasteiger partial charge in [0.25, 0.3) is 5.56 Å². The van der Waals surface area contributed by atoms with E-state index in [-0.39, 0.29) is 6.61 Å². The van der Waals surface area contributed by atoms with Crippen LogP contribution in [-0.2, 0) is 19.0 Å². The van der Waals surface area contributed by atoms with Crippen LogP contribution in [0.15, 0.2) is 27.9 Å². The highest BCUT2D eigenvalue weighted by Gasteiger charge is 2.47. The van der Waals surface area contributed by atoms with E-state index in [1.807, 2.05) is 0 Å². The van der Waals surface area contributed by atoms with Crippen molar-refractivity contribution >= 4 is 5.97 Å². The van der Waals surface area contributed by atoms with Gasteiger partial charge in [-0.25, -0.2) is 9.59 Å². The molecule has 0 amide bonds. The number of rotatable bonds is 5. The van der Waals surface area contributed by atoms with Crippen LogP contribution in [0.3, 0.4) is 0 Å². The minimum Gasteiger partial charge on any atom is -0.479 e. The van der Waals surface area contributed by atoms with Crippen molar-refractivity contribution in [2.75, 3.05) is 6.61 Å². The summed E-state index contributed by atoms with van der Waals surface area (Å²) in [5, 5.41) is 38.3. The largest absolute Gasteiger partial charge is 0.479 e. The van der Waals surface area contributed by atoms with Crippen LogP contribution in [0, 0.1) is 6.92 Å². The number of hydrogen-bond acceptors (Lipinski definition) is 9. The van der Waals surface area contributed by atoms with Crippen LogP contribution in [0.2, 0.25) is 0 Å². The highest BCUT2D eigenvalue weighted by molar-refractivity contribution is 5.73. The number of hydrogen-bond donors (Lipinski definition) is 5. The predicted molar refractivity (Wildman–Crippen MR) is 89.4 cm³/mol. The van der Waals surface area contributed by atoms with E-state index in [0.29, 0.717) is 5.56 Å². The average molecular weight is 400 g/mol. The first kappa shape index (κ1) is 20.4. The number of ether oxygens (including phenoxy) is 3. The summed E-state index contributed by atoms with van der Waals surface area (Å²) in [6.07, 6.45) is -5.51. The molecule has 2 aliphatic rings. The second kappa shape index (κ2) is 7.95. The third-order valence-corrected chi connectivity index (χ3v) is 4.46. The van der Waals surface area contributed by atoms with Crippen molar-refractivity contribution in [3.8, 4) is 0 Å². The highest BCUT2D eigenvalue weighted by atomic mass is 16.7. The molecule has 0 saturated carbocycles. The lowest BCUT2D eigenvalue weighted by Crippen LogP contribution is -2.60. The standard InChI is InChI=1S/C16H20N2O10/c1-6-4-18(16(25)17-13(6)22)8-3-2-7(27-8)5-26-15-11(21)9(19)10(20)12(28-15)14(23)24/h2-4,7-12,15,19-21H,5H2,1H3,(H,23,24)(H,17,22,25)/t7-,8+,9-,10-,11+,12-,15+/m0/s1. The number of aromatic nitrogens is 2. The highest BCUT2D eigenvalue weighted by Crippen LogP contribution is 2.24. The van der Waals surface area contributed by atoms with E-state index in [1.165, 1.54) is 17.7 Å². The summed E-state index contributed by atoms with van der Waals surface area (Å²) in [5.74, 6) is -1.52. The minimum atomic E-state index is -1.81. The zero-order valence-corrected chi connectivity index (χ0v) is 14.7. The lowest BCUT2D eigenvalue weighted by Gasteiger charge is -2.38. The SMILES string of the molecule is Cc1cn([C@H]2C=C[C@@H](CO[C@@H]3O[C@H](C(=O)O)[C@@H](O)[C@H](O)[C@H]3O)O2)c(=O)[nH]c1=O. The van der Waals surface area contributed by atoms with E-state index in [2.05, 4.69) is 4.98 Å². The second-order valence-electron chi connectivity index (χ2n) is 6.50. The molecule has 0 aromatic carbocycles. The maximum absolute atomic E-state index is 11.9. The first-order valence-electron chi connectivity index (χ1n) is 8.39. The Bertz CT molecular complexity index is 877. The molecule has 1 aromatic rings. The molecule has 0 radical (unpaired) electrons. The van der Waals surface area contributed by atoms with Crippen molar-refractivity contribution in [1.29, 1.82) is 0 Å². The molecule has 0 aliphatic carbocycles. The second-order valence-corrected chi connectivity index (χ2v) is 6.50. The summed E-state index contributed by atoms with van der Waals surface area (Å²) in [4.78, 5) is 36.6. The number of nitrogens with zero attached hydrogens (tertiary/aromatic N) is 1. The smallest absolute Gasteiger partial charge is 0.335 e. The summed E-state index contributed by atoms with van der Waals surface area (Å²) in [7, 11) is 0. The van der Waals surface area contributed by atoms with Crippen LogP contribution in [0.5, 0.6) is 0 Å². The molecule has 1 saturated heterocycles. The monoisotopic (exact) mass is 400 g/mol. The van der Waals surface area contributed by atoms with Gasteiger partial charge in [0.1, 0.15) is 24.4 Å². The van der Waals surface area contributed by atoms with E-state index in [0.717, 1.165) is 0 Å². The fourth-order valence-corrected chi connectivity index (χ4v) is 2.90. The molecule has 12 nitrogen and oxygen atoms in total. The summed E-state index contributed by atoms with van der Waals surface area (Å²) >= 11 is 0. The van der Waals surface area contributed by atoms with Crippen LogP contribution in [-0.4, -0.2) is 79.4 Å². The lowest BCUT2D eigenvalue weighted by atomic mass is 9.99. The van der Waals surface area contributed by atoms with Crippen LogP contribution in [0.1, 0.15) is 11.8 Å². The lowest BCUT2D eigenvalue weighted by molar-refractivity contribution is -0.297. The molecule has 3 heterocycles. The van der Waals surface area contributed by atoms with Crippen LogP contribution in [0.4, 0.5) is 0 Å². The molecule has 12 heteroatoms. The third-order valence-electron chi connectivity index (χ3n) is 4.46. The zero-order valence-electron chi connectivity index (χ0n) is 14.7. The van der Waals surface area contributed by atoms with Crippen LogP contribution < -0.4 is 11.2 Å². The number of aromatic amines is 1. The van der Waals surface area contributed by atoms with Gasteiger partial charge in [0.2, 0.25) is 0 Å². The molecule has 154 valence electrons. The van der Waals surface area contributed by atoms with Gasteiger partial charge in [0, 0.05) is 11.8 Å². The number of carbonyl (C=O) groups is 1. The first-order valence-corrected chi connectivity index (χ1v) is 8.39. The number of nitrogens with one attached hydrogen (secondary N) is 1. The number of carboxylic acid groups (broad SMARTS) is 1. The van der Waals surface area contributed by atoms with Crippen molar-refractivity contribution in [1.82, 2.24) is 9.55 Å². The molecule has 0 spiro atoms. The molecule has 0 unspecified atom stereocenters. The van der Waals surface area contributed by atoms with Gasteiger partial charge in [0.15, 0.2) is 18.6 Å². The molecule has 7 atom stereocenters. The van der Waals surface area contributed by atoms with Crippen LogP contribution in [0.25, 0.3) is 0 Å². The van der Waals surface area contributed by atoms with Gasteiger partial charge >= 0.3 is 11.7 Å². The fraction of sp³-hybridized carbons (Fsp3) is 0.562. The van der Waals surface area contributed by atoms with Crippen molar-refractivity contribution in [2.24, 2.45) is 0 Å². The van der Waals surface area contributed by atoms with E-state index >= 15 is 0 Å². The van der Waals surface area contributed by atoms with Crippen molar-refractivity contribution in [3.05, 3.63) is 44.8 Å². The number of aryl methyl sites for hydroxylation is 1. The Balaban J connectivity index is 1.61. The third kappa shape index (κ3) is 3.92. The molecule has 1 fully saturated rings. The molecular weight excluding hydrogens is 380 g/mol. The van der Waals surface area contributed by atoms with Crippen LogP contribution >= 0.6 is 0 Å². The Morgan fingerprint density at radius 2 is 1.89 bits per heavy atom. The van der Waals surface area contributed by atoms with Crippen molar-refractivity contribution in [3.63, 3.8) is 0 Å². The molecule has 2 aliphatic heterocycles. The molecule has 0 bridgehead atoms. The Kier molecular flexibility index (Phi) is 5.79. The minimum absolute atomic E-state index is 0.193. The number of H-pyrrole nitrogens is 1. The topological polar surface area (TPSA) is 181 Å². The zero-order chi connectivity index (χ0) is 20.6. The average Bonchev–Trinajstić information content (AvgIpc) is 3.10. The Hall–Kier alpha value is -2.35. The molecule has 28 heavy (non-hydrogen) atoms. The molecule has 3 rings (SSSR count). The van der Waals surface area contributed by atoms with Gasteiger partial charge < -0.3 is 34.6 Å².